The SMILES string of the molecule is CN(C(=O)O)C(=O)Oc1cccc2c1OC(C)(C)C2. The molecule has 1 aliphatic heterocycles. The third-order valence-corrected chi connectivity index (χ3v) is 2.81. The number of benzene rings is 1. The first kappa shape index (κ1) is 13.2. The first-order chi connectivity index (χ1) is 8.80. The highest BCUT2D eigenvalue weighted by Gasteiger charge is 2.33. The van der Waals surface area contributed by atoms with Crippen LogP contribution in [0.1, 0.15) is 19.4 Å². The molecule has 6 heteroatoms. The molecule has 0 spiro atoms. The van der Waals surface area contributed by atoms with Crippen LogP contribution in [0.15, 0.2) is 18.2 Å². The highest BCUT2D eigenvalue weighted by molar-refractivity contribution is 5.87. The molecule has 6 nitrogen and oxygen atoms in total. The monoisotopic (exact) mass is 265 g/mol. The van der Waals surface area contributed by atoms with E-state index in [1.807, 2.05) is 19.9 Å². The highest BCUT2D eigenvalue weighted by Crippen LogP contribution is 2.41. The standard InChI is InChI=1S/C13H15NO5/c1-13(2)7-8-5-4-6-9(10(8)19-13)18-12(17)14(3)11(15)16/h4-6H,7H2,1-3H3,(H,15,16). The van der Waals surface area contributed by atoms with Crippen LogP contribution in [0.2, 0.25) is 0 Å². The van der Waals surface area contributed by atoms with Crippen molar-refractivity contribution in [3.05, 3.63) is 23.8 Å². The molecule has 0 unspecified atom stereocenters. The van der Waals surface area contributed by atoms with Crippen LogP contribution in [0, 0.1) is 0 Å². The summed E-state index contributed by atoms with van der Waals surface area (Å²) < 4.78 is 10.8. The van der Waals surface area contributed by atoms with Gasteiger partial charge in [0.05, 0.1) is 0 Å². The van der Waals surface area contributed by atoms with Crippen LogP contribution in [0.3, 0.4) is 0 Å². The van der Waals surface area contributed by atoms with Crippen molar-refractivity contribution in [2.75, 3.05) is 7.05 Å². The fourth-order valence-electron chi connectivity index (χ4n) is 1.91. The summed E-state index contributed by atoms with van der Waals surface area (Å²) in [5.74, 6) is 0.737. The average Bonchev–Trinajstić information content (AvgIpc) is 2.63. The van der Waals surface area contributed by atoms with Gasteiger partial charge in [-0.15, -0.1) is 0 Å². The summed E-state index contributed by atoms with van der Waals surface area (Å²) in [6.07, 6.45) is -1.63. The number of imide groups is 1. The molecule has 0 aliphatic carbocycles. The minimum Gasteiger partial charge on any atom is -0.483 e. The Bertz CT molecular complexity index is 538. The largest absolute Gasteiger partial charge is 0.483 e. The van der Waals surface area contributed by atoms with Gasteiger partial charge in [-0.05, 0) is 19.9 Å². The van der Waals surface area contributed by atoms with Crippen LogP contribution < -0.4 is 9.47 Å². The fraction of sp³-hybridized carbons (Fsp3) is 0.385. The minimum atomic E-state index is -1.38. The maximum atomic E-state index is 11.6. The van der Waals surface area contributed by atoms with Crippen molar-refractivity contribution < 1.29 is 24.2 Å². The Morgan fingerprint density at radius 1 is 1.42 bits per heavy atom. The van der Waals surface area contributed by atoms with Gasteiger partial charge in [0.25, 0.3) is 0 Å². The molecule has 0 saturated heterocycles. The normalized spacial score (nSPS) is 15.3. The molecule has 1 aromatic carbocycles. The molecule has 0 bridgehead atoms. The second-order valence-corrected chi connectivity index (χ2v) is 4.99. The molecular weight excluding hydrogens is 250 g/mol. The Hall–Kier alpha value is -2.24. The number of fused-ring (bicyclic) bond motifs is 1. The van der Waals surface area contributed by atoms with Crippen molar-refractivity contribution in [3.63, 3.8) is 0 Å². The van der Waals surface area contributed by atoms with Crippen LogP contribution >= 0.6 is 0 Å². The van der Waals surface area contributed by atoms with Crippen molar-refractivity contribution >= 4 is 12.2 Å². The molecular formula is C13H15NO5. The summed E-state index contributed by atoms with van der Waals surface area (Å²) in [5, 5.41) is 8.70. The van der Waals surface area contributed by atoms with Crippen LogP contribution in [0.25, 0.3) is 0 Å². The second kappa shape index (κ2) is 4.46. The van der Waals surface area contributed by atoms with E-state index in [4.69, 9.17) is 14.6 Å². The zero-order chi connectivity index (χ0) is 14.2. The Morgan fingerprint density at radius 2 is 2.11 bits per heavy atom. The maximum Gasteiger partial charge on any atom is 0.424 e. The number of ether oxygens (including phenoxy) is 2. The minimum absolute atomic E-state index is 0.237. The zero-order valence-electron chi connectivity index (χ0n) is 11.0. The molecule has 0 aromatic heterocycles. The van der Waals surface area contributed by atoms with E-state index in [2.05, 4.69) is 0 Å². The van der Waals surface area contributed by atoms with E-state index in [0.29, 0.717) is 17.1 Å². The van der Waals surface area contributed by atoms with E-state index in [9.17, 15) is 9.59 Å². The van der Waals surface area contributed by atoms with Gasteiger partial charge in [0.1, 0.15) is 5.60 Å². The lowest BCUT2D eigenvalue weighted by Crippen LogP contribution is -2.34. The van der Waals surface area contributed by atoms with Gasteiger partial charge in [-0.25, -0.2) is 14.5 Å². The van der Waals surface area contributed by atoms with Crippen LogP contribution in [-0.2, 0) is 6.42 Å². The van der Waals surface area contributed by atoms with Gasteiger partial charge in [0, 0.05) is 19.0 Å². The van der Waals surface area contributed by atoms with E-state index in [-0.39, 0.29) is 11.4 Å². The van der Waals surface area contributed by atoms with Gasteiger partial charge in [-0.2, -0.15) is 0 Å². The Morgan fingerprint density at radius 3 is 2.74 bits per heavy atom. The van der Waals surface area contributed by atoms with E-state index in [1.165, 1.54) is 0 Å². The van der Waals surface area contributed by atoms with Gasteiger partial charge in [0.15, 0.2) is 11.5 Å². The lowest BCUT2D eigenvalue weighted by Gasteiger charge is -2.18. The Balaban J connectivity index is 2.23. The van der Waals surface area contributed by atoms with Crippen LogP contribution in [0.5, 0.6) is 11.5 Å². The maximum absolute atomic E-state index is 11.6. The third-order valence-electron chi connectivity index (χ3n) is 2.81. The van der Waals surface area contributed by atoms with Gasteiger partial charge < -0.3 is 14.6 Å². The third kappa shape index (κ3) is 2.62. The first-order valence-corrected chi connectivity index (χ1v) is 5.79. The molecule has 19 heavy (non-hydrogen) atoms. The quantitative estimate of drug-likeness (QED) is 0.844. The number of carbonyl (C=O) groups is 2. The summed E-state index contributed by atoms with van der Waals surface area (Å²) in [4.78, 5) is 22.7. The number of rotatable bonds is 1. The van der Waals surface area contributed by atoms with Crippen molar-refractivity contribution in [3.8, 4) is 11.5 Å². The van der Waals surface area contributed by atoms with E-state index in [0.717, 1.165) is 12.6 Å². The molecule has 1 aromatic rings. The van der Waals surface area contributed by atoms with Crippen molar-refractivity contribution in [1.29, 1.82) is 0 Å². The second-order valence-electron chi connectivity index (χ2n) is 4.99. The number of nitrogens with zero attached hydrogens (tertiary/aromatic N) is 1. The smallest absolute Gasteiger partial charge is 0.424 e. The number of para-hydroxylation sites is 1. The summed E-state index contributed by atoms with van der Waals surface area (Å²) in [6, 6.07) is 5.21. The van der Waals surface area contributed by atoms with E-state index in [1.54, 1.807) is 12.1 Å². The Kier molecular flexibility index (Phi) is 3.09. The van der Waals surface area contributed by atoms with Gasteiger partial charge in [0.2, 0.25) is 0 Å². The molecule has 0 fully saturated rings. The predicted octanol–water partition coefficient (Wildman–Crippen LogP) is 2.51. The zero-order valence-corrected chi connectivity index (χ0v) is 11.0. The number of hydrogen-bond donors (Lipinski definition) is 1. The Labute approximate surface area is 110 Å². The molecule has 0 saturated carbocycles. The lowest BCUT2D eigenvalue weighted by atomic mass is 10.0. The first-order valence-electron chi connectivity index (χ1n) is 5.79. The molecule has 102 valence electrons. The number of hydrogen-bond acceptors (Lipinski definition) is 4. The molecule has 1 heterocycles. The van der Waals surface area contributed by atoms with Crippen molar-refractivity contribution in [1.82, 2.24) is 4.90 Å². The van der Waals surface area contributed by atoms with Gasteiger partial charge in [-0.1, -0.05) is 12.1 Å². The number of carbonyl (C=O) groups excluding carboxylic acids is 1. The van der Waals surface area contributed by atoms with Crippen molar-refractivity contribution in [2.24, 2.45) is 0 Å². The fourth-order valence-corrected chi connectivity index (χ4v) is 1.91. The summed E-state index contributed by atoms with van der Waals surface area (Å²) in [6.45, 7) is 3.87. The van der Waals surface area contributed by atoms with Crippen LogP contribution in [-0.4, -0.2) is 34.8 Å². The predicted molar refractivity (Wildman–Crippen MR) is 66.7 cm³/mol. The topological polar surface area (TPSA) is 76.1 Å². The van der Waals surface area contributed by atoms with E-state index < -0.39 is 12.2 Å². The van der Waals surface area contributed by atoms with Crippen LogP contribution in [0.4, 0.5) is 9.59 Å². The molecule has 1 N–H and O–H groups in total. The molecule has 0 atom stereocenters. The summed E-state index contributed by atoms with van der Waals surface area (Å²) in [5.41, 5.74) is 0.581. The lowest BCUT2D eigenvalue weighted by molar-refractivity contribution is 0.123. The highest BCUT2D eigenvalue weighted by atomic mass is 16.6. The van der Waals surface area contributed by atoms with Gasteiger partial charge >= 0.3 is 12.2 Å². The molecule has 2 amide bonds. The molecule has 1 aliphatic rings. The van der Waals surface area contributed by atoms with E-state index >= 15 is 0 Å². The average molecular weight is 265 g/mol. The molecule has 0 radical (unpaired) electrons. The number of amides is 2. The summed E-state index contributed by atoms with van der Waals surface area (Å²) in [7, 11) is 1.12. The van der Waals surface area contributed by atoms with Crippen molar-refractivity contribution in [2.45, 2.75) is 25.9 Å². The van der Waals surface area contributed by atoms with Gasteiger partial charge in [-0.3, -0.25) is 0 Å². The number of carboxylic acid groups (broad SMARTS) is 1. The summed E-state index contributed by atoms with van der Waals surface area (Å²) >= 11 is 0. The molecule has 2 rings (SSSR count).